The van der Waals surface area contributed by atoms with Gasteiger partial charge in [-0.1, -0.05) is 23.7 Å². The number of imidazole rings is 1. The number of halogens is 2. The molecule has 22 heavy (non-hydrogen) atoms. The molecular weight excluding hydrogens is 325 g/mol. The van der Waals surface area contributed by atoms with E-state index in [-0.39, 0.29) is 23.9 Å². The van der Waals surface area contributed by atoms with Crippen molar-refractivity contribution in [3.8, 4) is 0 Å². The third-order valence-corrected chi connectivity index (χ3v) is 3.49. The Labute approximate surface area is 138 Å². The summed E-state index contributed by atoms with van der Waals surface area (Å²) in [5.41, 5.74) is 0.392. The van der Waals surface area contributed by atoms with Crippen molar-refractivity contribution in [3.63, 3.8) is 0 Å². The van der Waals surface area contributed by atoms with E-state index in [4.69, 9.17) is 11.6 Å². The zero-order chi connectivity index (χ0) is 14.8. The van der Waals surface area contributed by atoms with Crippen LogP contribution < -0.4 is 5.56 Å². The van der Waals surface area contributed by atoms with Crippen LogP contribution in [0.2, 0.25) is 5.02 Å². The van der Waals surface area contributed by atoms with Crippen LogP contribution in [0.4, 0.5) is 0 Å². The monoisotopic (exact) mass is 339 g/mol. The molecule has 1 unspecified atom stereocenters. The predicted octanol–water partition coefficient (Wildman–Crippen LogP) is 2.40. The van der Waals surface area contributed by atoms with Crippen LogP contribution in [0, 0.1) is 5.92 Å². The van der Waals surface area contributed by atoms with Gasteiger partial charge in [-0.2, -0.15) is 0 Å². The number of rotatable bonds is 4. The number of nitrogens with zero attached hydrogens (tertiary/aromatic N) is 5. The lowest BCUT2D eigenvalue weighted by molar-refractivity contribution is 0.378. The molecule has 6 nitrogen and oxygen atoms in total. The van der Waals surface area contributed by atoms with E-state index >= 15 is 0 Å². The molecule has 2 heterocycles. The molecule has 3 aromatic rings. The smallest absolute Gasteiger partial charge is 0.277 e. The van der Waals surface area contributed by atoms with Crippen molar-refractivity contribution in [2.24, 2.45) is 5.92 Å². The van der Waals surface area contributed by atoms with Gasteiger partial charge >= 0.3 is 0 Å². The first-order valence-corrected chi connectivity index (χ1v) is 7.00. The zero-order valence-electron chi connectivity index (χ0n) is 11.9. The Morgan fingerprint density at radius 3 is 2.86 bits per heavy atom. The molecular formula is C14H15Cl2N5O. The average molecular weight is 340 g/mol. The summed E-state index contributed by atoms with van der Waals surface area (Å²) in [5.74, 6) is 0.225. The van der Waals surface area contributed by atoms with Crippen LogP contribution in [0.5, 0.6) is 0 Å². The van der Waals surface area contributed by atoms with Crippen LogP contribution >= 0.6 is 24.0 Å². The lowest BCUT2D eigenvalue weighted by atomic mass is 10.2. The molecule has 0 amide bonds. The zero-order valence-corrected chi connectivity index (χ0v) is 13.5. The second kappa shape index (κ2) is 6.89. The summed E-state index contributed by atoms with van der Waals surface area (Å²) in [6.07, 6.45) is 5.38. The molecule has 2 aromatic heterocycles. The fourth-order valence-corrected chi connectivity index (χ4v) is 2.45. The second-order valence-corrected chi connectivity index (χ2v) is 5.54. The van der Waals surface area contributed by atoms with Crippen molar-refractivity contribution in [1.82, 2.24) is 24.5 Å². The minimum absolute atomic E-state index is 0. The molecule has 0 saturated carbocycles. The normalized spacial score (nSPS) is 12.1. The molecule has 1 aromatic carbocycles. The molecule has 1 atom stereocenters. The maximum absolute atomic E-state index is 12.4. The Balaban J connectivity index is 0.00000176. The van der Waals surface area contributed by atoms with Crippen LogP contribution in [0.15, 0.2) is 41.7 Å². The highest BCUT2D eigenvalue weighted by Crippen LogP contribution is 2.13. The first kappa shape index (κ1) is 16.5. The largest absolute Gasteiger partial charge is 0.337 e. The predicted molar refractivity (Wildman–Crippen MR) is 87.4 cm³/mol. The molecule has 0 aliphatic rings. The molecule has 0 bridgehead atoms. The standard InChI is InChI=1S/C14H14ClN5O.ClH/c1-10(7-19-5-4-16-9-19)8-20-14(21)12-6-11(15)2-3-13(12)17-18-20;/h2-6,9-10H,7-8H2,1H3;1H. The van der Waals surface area contributed by atoms with Gasteiger partial charge in [0.25, 0.3) is 5.56 Å². The van der Waals surface area contributed by atoms with Gasteiger partial charge in [0.2, 0.25) is 0 Å². The van der Waals surface area contributed by atoms with E-state index in [0.29, 0.717) is 22.5 Å². The maximum Gasteiger partial charge on any atom is 0.277 e. The summed E-state index contributed by atoms with van der Waals surface area (Å²) in [6.45, 7) is 3.31. The van der Waals surface area contributed by atoms with Crippen molar-refractivity contribution in [1.29, 1.82) is 0 Å². The van der Waals surface area contributed by atoms with Gasteiger partial charge in [0, 0.05) is 24.0 Å². The van der Waals surface area contributed by atoms with Gasteiger partial charge in [-0.25, -0.2) is 9.67 Å². The molecule has 0 spiro atoms. The van der Waals surface area contributed by atoms with E-state index in [1.54, 1.807) is 30.7 Å². The average Bonchev–Trinajstić information content (AvgIpc) is 2.95. The fourth-order valence-electron chi connectivity index (χ4n) is 2.28. The van der Waals surface area contributed by atoms with Crippen molar-refractivity contribution in [2.75, 3.05) is 0 Å². The first-order chi connectivity index (χ1) is 10.1. The van der Waals surface area contributed by atoms with E-state index in [1.165, 1.54) is 4.68 Å². The quantitative estimate of drug-likeness (QED) is 0.732. The van der Waals surface area contributed by atoms with Gasteiger partial charge in [-0.05, 0) is 24.1 Å². The van der Waals surface area contributed by atoms with E-state index in [9.17, 15) is 4.79 Å². The highest BCUT2D eigenvalue weighted by atomic mass is 35.5. The fraction of sp³-hybridized carbons (Fsp3) is 0.286. The van der Waals surface area contributed by atoms with Gasteiger partial charge in [-0.15, -0.1) is 17.5 Å². The van der Waals surface area contributed by atoms with Gasteiger partial charge in [0.15, 0.2) is 0 Å². The van der Waals surface area contributed by atoms with Crippen LogP contribution in [-0.2, 0) is 13.1 Å². The molecule has 0 radical (unpaired) electrons. The van der Waals surface area contributed by atoms with Crippen molar-refractivity contribution < 1.29 is 0 Å². The van der Waals surface area contributed by atoms with Gasteiger partial charge in [-0.3, -0.25) is 4.79 Å². The number of hydrogen-bond acceptors (Lipinski definition) is 4. The summed E-state index contributed by atoms with van der Waals surface area (Å²) in [7, 11) is 0. The van der Waals surface area contributed by atoms with Gasteiger partial charge < -0.3 is 4.57 Å². The van der Waals surface area contributed by atoms with Crippen LogP contribution in [0.25, 0.3) is 10.9 Å². The Bertz CT molecular complexity index is 816. The van der Waals surface area contributed by atoms with Gasteiger partial charge in [0.05, 0.1) is 18.3 Å². The van der Waals surface area contributed by atoms with E-state index in [2.05, 4.69) is 22.2 Å². The summed E-state index contributed by atoms with van der Waals surface area (Å²) in [4.78, 5) is 16.4. The van der Waals surface area contributed by atoms with Crippen LogP contribution in [0.1, 0.15) is 6.92 Å². The Hall–Kier alpha value is -1.92. The molecule has 0 aliphatic heterocycles. The lowest BCUT2D eigenvalue weighted by Crippen LogP contribution is -2.28. The van der Waals surface area contributed by atoms with Crippen LogP contribution in [0.3, 0.4) is 0 Å². The van der Waals surface area contributed by atoms with Crippen LogP contribution in [-0.4, -0.2) is 24.5 Å². The highest BCUT2D eigenvalue weighted by Gasteiger charge is 2.10. The topological polar surface area (TPSA) is 65.6 Å². The van der Waals surface area contributed by atoms with E-state index < -0.39 is 0 Å². The molecule has 116 valence electrons. The van der Waals surface area contributed by atoms with E-state index in [0.717, 1.165) is 6.54 Å². The SMILES string of the molecule is CC(Cn1ccnc1)Cn1nnc2ccc(Cl)cc2c1=O.Cl. The number of aromatic nitrogens is 5. The Kier molecular flexibility index (Phi) is 5.15. The Morgan fingerprint density at radius 1 is 1.32 bits per heavy atom. The van der Waals surface area contributed by atoms with Gasteiger partial charge in [0.1, 0.15) is 5.52 Å². The second-order valence-electron chi connectivity index (χ2n) is 5.10. The minimum Gasteiger partial charge on any atom is -0.337 e. The minimum atomic E-state index is -0.167. The lowest BCUT2D eigenvalue weighted by Gasteiger charge is -2.12. The van der Waals surface area contributed by atoms with E-state index in [1.807, 2.05) is 10.8 Å². The highest BCUT2D eigenvalue weighted by molar-refractivity contribution is 6.31. The molecule has 0 saturated heterocycles. The molecule has 3 rings (SSSR count). The van der Waals surface area contributed by atoms with Crippen molar-refractivity contribution in [2.45, 2.75) is 20.0 Å². The molecule has 0 N–H and O–H groups in total. The Morgan fingerprint density at radius 2 is 2.14 bits per heavy atom. The number of hydrogen-bond donors (Lipinski definition) is 0. The number of fused-ring (bicyclic) bond motifs is 1. The molecule has 0 aliphatic carbocycles. The summed E-state index contributed by atoms with van der Waals surface area (Å²) < 4.78 is 3.36. The third kappa shape index (κ3) is 3.45. The summed E-state index contributed by atoms with van der Waals surface area (Å²) in [5, 5.41) is 9.07. The van der Waals surface area contributed by atoms with Crippen molar-refractivity contribution >= 4 is 34.9 Å². The third-order valence-electron chi connectivity index (χ3n) is 3.25. The molecule has 0 fully saturated rings. The summed E-state index contributed by atoms with van der Waals surface area (Å²) in [6, 6.07) is 5.03. The summed E-state index contributed by atoms with van der Waals surface area (Å²) >= 11 is 5.94. The number of benzene rings is 1. The molecule has 8 heteroatoms. The first-order valence-electron chi connectivity index (χ1n) is 6.62. The maximum atomic E-state index is 12.4. The van der Waals surface area contributed by atoms with Crippen molar-refractivity contribution in [3.05, 3.63) is 52.3 Å².